The molecule has 0 bridgehead atoms. The molecular weight excluding hydrogens is 196 g/mol. The molecule has 0 aromatic carbocycles. The van der Waals surface area contributed by atoms with Gasteiger partial charge in [0.2, 0.25) is 5.96 Å². The largest absolute Gasteiger partial charge is 0.316 e. The Morgan fingerprint density at radius 3 is 2.27 bits per heavy atom. The van der Waals surface area contributed by atoms with Gasteiger partial charge in [0, 0.05) is 6.54 Å². The minimum Gasteiger partial charge on any atom is -0.309 e. The summed E-state index contributed by atoms with van der Waals surface area (Å²) in [5.41, 5.74) is 0. The summed E-state index contributed by atoms with van der Waals surface area (Å²) in [5.74, 6) is -1.00. The van der Waals surface area contributed by atoms with Crippen molar-refractivity contribution in [1.29, 1.82) is 0 Å². The highest BCUT2D eigenvalue weighted by Gasteiger charge is 2.24. The number of hydrogen-bond donors (Lipinski definition) is 2. The maximum Gasteiger partial charge on any atom is 0.316 e. The third-order valence-corrected chi connectivity index (χ3v) is 1.95. The maximum atomic E-state index is 10.8. The normalized spacial score (nSPS) is 15.5. The molecule has 6 nitrogen and oxygen atoms in total. The standard InChI is InChI=1S/C9H16N4O2/c1-13(2)6-4-3-5-10-9-11-7(14)8(15)12-9/h3-6H2,1-2H3,(H2,10,11,12,14,15). The first-order valence-electron chi connectivity index (χ1n) is 4.91. The molecule has 0 aromatic heterocycles. The van der Waals surface area contributed by atoms with E-state index in [1.165, 1.54) is 0 Å². The van der Waals surface area contributed by atoms with Gasteiger partial charge in [-0.3, -0.25) is 25.2 Å². The number of aliphatic imine (C=N–C) groups is 1. The summed E-state index contributed by atoms with van der Waals surface area (Å²) in [5, 5.41) is 4.69. The molecule has 1 heterocycles. The highest BCUT2D eigenvalue weighted by Crippen LogP contribution is 1.92. The SMILES string of the molecule is CN(C)CCCCN=C1NC(=O)C(=O)N1. The van der Waals surface area contributed by atoms with E-state index in [1.807, 2.05) is 14.1 Å². The molecule has 2 N–H and O–H groups in total. The summed E-state index contributed by atoms with van der Waals surface area (Å²) < 4.78 is 0. The number of nitrogens with zero attached hydrogens (tertiary/aromatic N) is 2. The smallest absolute Gasteiger partial charge is 0.309 e. The summed E-state index contributed by atoms with van der Waals surface area (Å²) in [7, 11) is 4.03. The number of unbranched alkanes of at least 4 members (excludes halogenated alkanes) is 1. The van der Waals surface area contributed by atoms with Crippen LogP contribution in [0.5, 0.6) is 0 Å². The molecule has 1 aliphatic rings. The molecule has 6 heteroatoms. The lowest BCUT2D eigenvalue weighted by atomic mass is 10.3. The number of amides is 2. The lowest BCUT2D eigenvalue weighted by Gasteiger charge is -2.07. The summed E-state index contributed by atoms with van der Waals surface area (Å²) in [6.07, 6.45) is 1.99. The molecule has 0 radical (unpaired) electrons. The van der Waals surface area contributed by atoms with Gasteiger partial charge in [0.05, 0.1) is 0 Å². The quantitative estimate of drug-likeness (QED) is 0.450. The van der Waals surface area contributed by atoms with E-state index < -0.39 is 11.8 Å². The Balaban J connectivity index is 2.17. The van der Waals surface area contributed by atoms with E-state index in [-0.39, 0.29) is 5.96 Å². The minimum absolute atomic E-state index is 0.273. The third kappa shape index (κ3) is 4.07. The fourth-order valence-electron chi connectivity index (χ4n) is 1.17. The second kappa shape index (κ2) is 5.45. The Bertz CT molecular complexity index is 268. The van der Waals surface area contributed by atoms with Gasteiger partial charge < -0.3 is 4.90 Å². The van der Waals surface area contributed by atoms with Crippen LogP contribution in [0.3, 0.4) is 0 Å². The van der Waals surface area contributed by atoms with Crippen LogP contribution in [0, 0.1) is 0 Å². The van der Waals surface area contributed by atoms with Crippen molar-refractivity contribution in [2.45, 2.75) is 12.8 Å². The number of hydrogen-bond acceptors (Lipinski definition) is 4. The number of carbonyl (C=O) groups excluding carboxylic acids is 2. The summed E-state index contributed by atoms with van der Waals surface area (Å²) in [4.78, 5) is 27.7. The highest BCUT2D eigenvalue weighted by molar-refractivity contribution is 6.45. The van der Waals surface area contributed by atoms with Crippen LogP contribution in [0.25, 0.3) is 0 Å². The topological polar surface area (TPSA) is 73.8 Å². The van der Waals surface area contributed by atoms with Crippen molar-refractivity contribution >= 4 is 17.8 Å². The molecule has 1 saturated heterocycles. The van der Waals surface area contributed by atoms with Crippen LogP contribution in [-0.4, -0.2) is 49.9 Å². The van der Waals surface area contributed by atoms with Gasteiger partial charge in [-0.15, -0.1) is 0 Å². The van der Waals surface area contributed by atoms with Gasteiger partial charge in [0.25, 0.3) is 0 Å². The monoisotopic (exact) mass is 212 g/mol. The summed E-state index contributed by atoms with van der Waals surface area (Å²) in [6.45, 7) is 1.63. The van der Waals surface area contributed by atoms with Crippen LogP contribution in [0.1, 0.15) is 12.8 Å². The average Bonchev–Trinajstić information content (AvgIpc) is 2.45. The molecule has 15 heavy (non-hydrogen) atoms. The van der Waals surface area contributed by atoms with E-state index >= 15 is 0 Å². The van der Waals surface area contributed by atoms with Crippen molar-refractivity contribution in [2.75, 3.05) is 27.2 Å². The first kappa shape index (κ1) is 11.6. The molecule has 0 unspecified atom stereocenters. The van der Waals surface area contributed by atoms with Crippen molar-refractivity contribution in [3.63, 3.8) is 0 Å². The Labute approximate surface area is 88.7 Å². The van der Waals surface area contributed by atoms with E-state index in [4.69, 9.17) is 0 Å². The summed E-state index contributed by atoms with van der Waals surface area (Å²) >= 11 is 0. The number of carbonyl (C=O) groups is 2. The zero-order valence-electron chi connectivity index (χ0n) is 9.04. The second-order valence-corrected chi connectivity index (χ2v) is 3.65. The van der Waals surface area contributed by atoms with E-state index in [9.17, 15) is 9.59 Å². The lowest BCUT2D eigenvalue weighted by Crippen LogP contribution is -2.25. The van der Waals surface area contributed by atoms with Gasteiger partial charge in [-0.05, 0) is 33.5 Å². The molecule has 0 saturated carbocycles. The predicted octanol–water partition coefficient (Wildman–Crippen LogP) is -1.07. The van der Waals surface area contributed by atoms with Crippen molar-refractivity contribution in [3.05, 3.63) is 0 Å². The van der Waals surface area contributed by atoms with Crippen molar-refractivity contribution in [3.8, 4) is 0 Å². The summed E-state index contributed by atoms with van der Waals surface area (Å²) in [6, 6.07) is 0. The highest BCUT2D eigenvalue weighted by atomic mass is 16.2. The molecule has 0 atom stereocenters. The van der Waals surface area contributed by atoms with Crippen LogP contribution in [0.2, 0.25) is 0 Å². The zero-order valence-corrected chi connectivity index (χ0v) is 9.04. The number of guanidine groups is 1. The van der Waals surface area contributed by atoms with Crippen LogP contribution >= 0.6 is 0 Å². The first-order valence-corrected chi connectivity index (χ1v) is 4.91. The zero-order chi connectivity index (χ0) is 11.3. The van der Waals surface area contributed by atoms with Crippen molar-refractivity contribution < 1.29 is 9.59 Å². The fourth-order valence-corrected chi connectivity index (χ4v) is 1.17. The third-order valence-electron chi connectivity index (χ3n) is 1.95. The second-order valence-electron chi connectivity index (χ2n) is 3.65. The Hall–Kier alpha value is -1.43. The fraction of sp³-hybridized carbons (Fsp3) is 0.667. The molecule has 1 rings (SSSR count). The van der Waals surface area contributed by atoms with Gasteiger partial charge >= 0.3 is 11.8 Å². The maximum absolute atomic E-state index is 10.8. The van der Waals surface area contributed by atoms with Gasteiger partial charge in [-0.2, -0.15) is 0 Å². The van der Waals surface area contributed by atoms with Crippen LogP contribution in [0.15, 0.2) is 4.99 Å². The van der Waals surface area contributed by atoms with E-state index in [2.05, 4.69) is 20.5 Å². The minimum atomic E-state index is -0.637. The van der Waals surface area contributed by atoms with Crippen molar-refractivity contribution in [2.24, 2.45) is 4.99 Å². The van der Waals surface area contributed by atoms with Gasteiger partial charge in [-0.1, -0.05) is 0 Å². The van der Waals surface area contributed by atoms with Crippen LogP contribution in [-0.2, 0) is 9.59 Å². The van der Waals surface area contributed by atoms with Crippen molar-refractivity contribution in [1.82, 2.24) is 15.5 Å². The number of nitrogens with one attached hydrogen (secondary N) is 2. The number of rotatable bonds is 5. The molecule has 0 aromatic rings. The molecular formula is C9H16N4O2. The van der Waals surface area contributed by atoms with Crippen LogP contribution < -0.4 is 10.6 Å². The first-order chi connectivity index (χ1) is 7.09. The van der Waals surface area contributed by atoms with E-state index in [1.54, 1.807) is 0 Å². The lowest BCUT2D eigenvalue weighted by molar-refractivity contribution is -0.135. The molecule has 0 aliphatic carbocycles. The molecule has 2 amide bonds. The predicted molar refractivity (Wildman–Crippen MR) is 56.4 cm³/mol. The molecule has 1 fully saturated rings. The van der Waals surface area contributed by atoms with E-state index in [0.717, 1.165) is 19.4 Å². The van der Waals surface area contributed by atoms with Gasteiger partial charge in [0.15, 0.2) is 0 Å². The average molecular weight is 212 g/mol. The van der Waals surface area contributed by atoms with Crippen LogP contribution in [0.4, 0.5) is 0 Å². The Kier molecular flexibility index (Phi) is 4.23. The molecule has 0 spiro atoms. The van der Waals surface area contributed by atoms with Gasteiger partial charge in [-0.25, -0.2) is 0 Å². The Morgan fingerprint density at radius 1 is 1.13 bits per heavy atom. The van der Waals surface area contributed by atoms with Gasteiger partial charge in [0.1, 0.15) is 0 Å². The molecule has 1 aliphatic heterocycles. The van der Waals surface area contributed by atoms with E-state index in [0.29, 0.717) is 6.54 Å². The molecule has 84 valence electrons. The Morgan fingerprint density at radius 2 is 1.73 bits per heavy atom.